The van der Waals surface area contributed by atoms with E-state index < -0.39 is 97.5 Å². The van der Waals surface area contributed by atoms with Crippen LogP contribution in [0.5, 0.6) is 0 Å². The maximum absolute atomic E-state index is 13.1. The molecular formula is C84H164O17P2. The average molecular weight is 1510 g/mol. The lowest BCUT2D eigenvalue weighted by atomic mass is 10.0. The lowest BCUT2D eigenvalue weighted by Gasteiger charge is -2.21. The zero-order chi connectivity index (χ0) is 75.8. The largest absolute Gasteiger partial charge is 0.472 e. The molecule has 0 spiro atoms. The molecule has 0 radical (unpaired) electrons. The molecule has 103 heavy (non-hydrogen) atoms. The third kappa shape index (κ3) is 78.0. The fourth-order valence-electron chi connectivity index (χ4n) is 13.0. The zero-order valence-corrected chi connectivity index (χ0v) is 69.6. The van der Waals surface area contributed by atoms with Gasteiger partial charge in [-0.1, -0.05) is 389 Å². The minimum atomic E-state index is -4.96. The monoisotopic (exact) mass is 1510 g/mol. The van der Waals surface area contributed by atoms with Gasteiger partial charge in [-0.2, -0.15) is 0 Å². The Labute approximate surface area is 632 Å². The van der Waals surface area contributed by atoms with Crippen LogP contribution in [-0.4, -0.2) is 96.7 Å². The zero-order valence-electron chi connectivity index (χ0n) is 67.8. The van der Waals surface area contributed by atoms with Gasteiger partial charge in [-0.3, -0.25) is 37.3 Å². The number of esters is 4. The van der Waals surface area contributed by atoms with Crippen LogP contribution in [0.15, 0.2) is 0 Å². The van der Waals surface area contributed by atoms with E-state index in [0.29, 0.717) is 31.6 Å². The lowest BCUT2D eigenvalue weighted by Crippen LogP contribution is -2.30. The molecule has 612 valence electrons. The number of carbonyl (C=O) groups is 4. The van der Waals surface area contributed by atoms with E-state index in [1.54, 1.807) is 0 Å². The standard InChI is InChI=1S/C84H164O17P2/c1-8-9-10-11-12-13-14-15-16-17-18-19-20-21-22-27-33-38-45-53-60-67-83(88)100-79(71-94-81(86)65-58-51-44-37-32-26-24-23-25-30-35-41-48-55-62-75(2)3)73-98-102(90,91)96-69-78(85)70-97-103(92,93)99-74-80(72-95-82(87)66-59-52-47-40-43-50-57-64-77(6)7)101-84(89)68-61-54-46-39-34-29-28-31-36-42-49-56-63-76(4)5/h75-80,85H,8-74H2,1-7H3,(H,90,91)(H,92,93)/t78-,79-,80-/m1/s1. The van der Waals surface area contributed by atoms with Crippen LogP contribution in [0.2, 0.25) is 0 Å². The molecule has 0 aromatic heterocycles. The molecule has 0 aliphatic rings. The molecule has 2 unspecified atom stereocenters. The first kappa shape index (κ1) is 101. The Kier molecular flexibility index (Phi) is 72.8. The number of phosphoric ester groups is 2. The highest BCUT2D eigenvalue weighted by Crippen LogP contribution is 2.45. The second-order valence-corrected chi connectivity index (χ2v) is 34.6. The molecule has 19 heteroatoms. The summed E-state index contributed by atoms with van der Waals surface area (Å²) in [4.78, 5) is 73.1. The van der Waals surface area contributed by atoms with Gasteiger partial charge in [0.05, 0.1) is 26.4 Å². The van der Waals surface area contributed by atoms with Gasteiger partial charge in [0.25, 0.3) is 0 Å². The number of aliphatic hydroxyl groups is 1. The summed E-state index contributed by atoms with van der Waals surface area (Å²) in [6.45, 7) is 11.9. The van der Waals surface area contributed by atoms with Crippen molar-refractivity contribution in [3.05, 3.63) is 0 Å². The van der Waals surface area contributed by atoms with Crippen molar-refractivity contribution >= 4 is 39.5 Å². The fraction of sp³-hybridized carbons (Fsp3) is 0.952. The summed E-state index contributed by atoms with van der Waals surface area (Å²) in [5.74, 6) is 0.172. The molecule has 0 fully saturated rings. The SMILES string of the molecule is CCCCCCCCCCCCCCCCCCCCCCCC(=O)O[C@H](COC(=O)CCCCCCCCCCCCCCCCC(C)C)COP(=O)(O)OC[C@@H](O)COP(=O)(O)OC[C@@H](COC(=O)CCCCCCCCCC(C)C)OC(=O)CCCCCCCCCCCCCCC(C)C. The van der Waals surface area contributed by atoms with Gasteiger partial charge in [-0.25, -0.2) is 9.13 Å². The molecule has 17 nitrogen and oxygen atoms in total. The normalized spacial score (nSPS) is 13.9. The fourth-order valence-corrected chi connectivity index (χ4v) is 14.6. The number of hydrogen-bond acceptors (Lipinski definition) is 15. The quantitative estimate of drug-likeness (QED) is 0.0222. The number of rotatable bonds is 82. The maximum Gasteiger partial charge on any atom is 0.472 e. The Morgan fingerprint density at radius 2 is 0.447 bits per heavy atom. The highest BCUT2D eigenvalue weighted by molar-refractivity contribution is 7.47. The van der Waals surface area contributed by atoms with Crippen molar-refractivity contribution in [2.45, 2.75) is 458 Å². The van der Waals surface area contributed by atoms with E-state index in [1.165, 1.54) is 244 Å². The van der Waals surface area contributed by atoms with Gasteiger partial charge in [0, 0.05) is 25.7 Å². The van der Waals surface area contributed by atoms with Crippen LogP contribution in [0, 0.1) is 17.8 Å². The van der Waals surface area contributed by atoms with Crippen LogP contribution in [-0.2, 0) is 65.4 Å². The van der Waals surface area contributed by atoms with Gasteiger partial charge in [-0.15, -0.1) is 0 Å². The van der Waals surface area contributed by atoms with Crippen molar-refractivity contribution in [1.82, 2.24) is 0 Å². The molecule has 0 saturated carbocycles. The van der Waals surface area contributed by atoms with Crippen LogP contribution >= 0.6 is 15.6 Å². The molecule has 5 atom stereocenters. The maximum atomic E-state index is 13.1. The summed E-state index contributed by atoms with van der Waals surface area (Å²) in [7, 11) is -9.93. The summed E-state index contributed by atoms with van der Waals surface area (Å²) < 4.78 is 68.8. The topological polar surface area (TPSA) is 237 Å². The van der Waals surface area contributed by atoms with E-state index >= 15 is 0 Å². The number of unbranched alkanes of at least 4 members (excludes halogenated alkanes) is 50. The first-order chi connectivity index (χ1) is 49.7. The Bertz CT molecular complexity index is 1990. The third-order valence-corrected chi connectivity index (χ3v) is 21.5. The van der Waals surface area contributed by atoms with Crippen LogP contribution in [0.3, 0.4) is 0 Å². The lowest BCUT2D eigenvalue weighted by molar-refractivity contribution is -0.161. The molecule has 0 bridgehead atoms. The van der Waals surface area contributed by atoms with E-state index in [1.807, 2.05) is 0 Å². The van der Waals surface area contributed by atoms with Crippen molar-refractivity contribution in [2.75, 3.05) is 39.6 Å². The van der Waals surface area contributed by atoms with Crippen molar-refractivity contribution in [2.24, 2.45) is 17.8 Å². The highest BCUT2D eigenvalue weighted by Gasteiger charge is 2.30. The summed E-state index contributed by atoms with van der Waals surface area (Å²) in [5.41, 5.74) is 0. The Morgan fingerprint density at radius 1 is 0.262 bits per heavy atom. The molecule has 3 N–H and O–H groups in total. The molecule has 0 heterocycles. The summed E-state index contributed by atoms with van der Waals surface area (Å²) in [6.07, 6.45) is 64.0. The third-order valence-electron chi connectivity index (χ3n) is 19.6. The molecule has 0 aliphatic heterocycles. The van der Waals surface area contributed by atoms with Crippen molar-refractivity contribution in [1.29, 1.82) is 0 Å². The Morgan fingerprint density at radius 3 is 0.660 bits per heavy atom. The van der Waals surface area contributed by atoms with Gasteiger partial charge in [0.1, 0.15) is 19.3 Å². The van der Waals surface area contributed by atoms with E-state index in [2.05, 4.69) is 48.5 Å². The van der Waals surface area contributed by atoms with Crippen molar-refractivity contribution in [3.8, 4) is 0 Å². The first-order valence-corrected chi connectivity index (χ1v) is 46.3. The predicted octanol–water partition coefficient (Wildman–Crippen LogP) is 25.3. The minimum Gasteiger partial charge on any atom is -0.462 e. The molecule has 0 rings (SSSR count). The van der Waals surface area contributed by atoms with Gasteiger partial charge in [0.2, 0.25) is 0 Å². The van der Waals surface area contributed by atoms with Crippen LogP contribution in [0.25, 0.3) is 0 Å². The van der Waals surface area contributed by atoms with Crippen LogP contribution < -0.4 is 0 Å². The van der Waals surface area contributed by atoms with E-state index in [-0.39, 0.29) is 25.7 Å². The van der Waals surface area contributed by atoms with E-state index in [0.717, 1.165) is 108 Å². The Hall–Kier alpha value is -1.94. The average Bonchev–Trinajstić information content (AvgIpc) is 0.918. The van der Waals surface area contributed by atoms with Crippen LogP contribution in [0.4, 0.5) is 0 Å². The first-order valence-electron chi connectivity index (χ1n) is 43.3. The highest BCUT2D eigenvalue weighted by atomic mass is 31.2. The molecular weight excluding hydrogens is 1340 g/mol. The molecule has 0 saturated heterocycles. The van der Waals surface area contributed by atoms with E-state index in [9.17, 15) is 43.2 Å². The Balaban J connectivity index is 5.23. The summed E-state index contributed by atoms with van der Waals surface area (Å²) in [5, 5.41) is 10.7. The second-order valence-electron chi connectivity index (χ2n) is 31.6. The van der Waals surface area contributed by atoms with Gasteiger partial charge < -0.3 is 33.8 Å². The molecule has 0 aromatic rings. The van der Waals surface area contributed by atoms with Crippen molar-refractivity contribution in [3.63, 3.8) is 0 Å². The molecule has 0 amide bonds. The van der Waals surface area contributed by atoms with Crippen LogP contribution in [0.1, 0.15) is 440 Å². The summed E-state index contributed by atoms with van der Waals surface area (Å²) in [6, 6.07) is 0. The van der Waals surface area contributed by atoms with Gasteiger partial charge in [-0.05, 0) is 43.4 Å². The number of carbonyl (C=O) groups excluding carboxylic acids is 4. The van der Waals surface area contributed by atoms with Gasteiger partial charge in [0.15, 0.2) is 12.2 Å². The number of ether oxygens (including phenoxy) is 4. The predicted molar refractivity (Wildman–Crippen MR) is 423 cm³/mol. The number of phosphoric acid groups is 2. The van der Waals surface area contributed by atoms with Crippen molar-refractivity contribution < 1.29 is 80.2 Å². The molecule has 0 aromatic carbocycles. The molecule has 0 aliphatic carbocycles. The summed E-state index contributed by atoms with van der Waals surface area (Å²) >= 11 is 0. The minimum absolute atomic E-state index is 0.106. The number of hydrogen-bond donors (Lipinski definition) is 3. The smallest absolute Gasteiger partial charge is 0.462 e. The second kappa shape index (κ2) is 74.2. The number of aliphatic hydroxyl groups excluding tert-OH is 1. The van der Waals surface area contributed by atoms with Gasteiger partial charge >= 0.3 is 39.5 Å². The van der Waals surface area contributed by atoms with E-state index in [4.69, 9.17) is 37.0 Å².